The molecule has 214 valence electrons. The zero-order chi connectivity index (χ0) is 28.7. The van der Waals surface area contributed by atoms with Crippen LogP contribution < -0.4 is 19.1 Å². The van der Waals surface area contributed by atoms with Crippen LogP contribution in [-0.2, 0) is 26.2 Å². The van der Waals surface area contributed by atoms with Crippen LogP contribution in [0.3, 0.4) is 0 Å². The molecule has 39 heavy (non-hydrogen) atoms. The van der Waals surface area contributed by atoms with Gasteiger partial charge in [-0.15, -0.1) is 0 Å². The van der Waals surface area contributed by atoms with Crippen LogP contribution in [0.25, 0.3) is 0 Å². The lowest BCUT2D eigenvalue weighted by atomic mass is 9.95. The number of rotatable bonds is 11. The third kappa shape index (κ3) is 8.16. The van der Waals surface area contributed by atoms with Gasteiger partial charge in [0, 0.05) is 18.7 Å². The second-order valence-corrected chi connectivity index (χ2v) is 12.3. The molecule has 1 saturated carbocycles. The van der Waals surface area contributed by atoms with Crippen molar-refractivity contribution < 1.29 is 27.5 Å². The van der Waals surface area contributed by atoms with Gasteiger partial charge in [0.05, 0.1) is 36.2 Å². The number of nitrogens with one attached hydrogen (secondary N) is 1. The highest BCUT2D eigenvalue weighted by molar-refractivity contribution is 7.92. The Labute approximate surface area is 240 Å². The van der Waals surface area contributed by atoms with Gasteiger partial charge in [-0.2, -0.15) is 0 Å². The van der Waals surface area contributed by atoms with E-state index in [9.17, 15) is 18.0 Å². The summed E-state index contributed by atoms with van der Waals surface area (Å²) in [7, 11) is -1.05. The fourth-order valence-corrected chi connectivity index (χ4v) is 5.75. The normalized spacial score (nSPS) is 14.8. The molecule has 2 aromatic rings. The molecule has 12 heteroatoms. The number of carbonyl (C=O) groups is 2. The summed E-state index contributed by atoms with van der Waals surface area (Å²) in [5, 5.41) is 3.73. The molecule has 1 fully saturated rings. The van der Waals surface area contributed by atoms with E-state index in [4.69, 9.17) is 32.7 Å². The van der Waals surface area contributed by atoms with E-state index in [0.717, 1.165) is 42.7 Å². The molecule has 1 aliphatic rings. The van der Waals surface area contributed by atoms with Crippen molar-refractivity contribution in [2.24, 2.45) is 0 Å². The summed E-state index contributed by atoms with van der Waals surface area (Å²) < 4.78 is 37.3. The van der Waals surface area contributed by atoms with Gasteiger partial charge in [-0.3, -0.25) is 13.9 Å². The van der Waals surface area contributed by atoms with Gasteiger partial charge in [0.25, 0.3) is 0 Å². The first kappa shape index (κ1) is 30.8. The maximum Gasteiger partial charge on any atom is 0.244 e. The van der Waals surface area contributed by atoms with E-state index in [0.29, 0.717) is 21.4 Å². The van der Waals surface area contributed by atoms with Gasteiger partial charge in [0.1, 0.15) is 24.1 Å². The van der Waals surface area contributed by atoms with Crippen LogP contribution in [0, 0.1) is 0 Å². The van der Waals surface area contributed by atoms with Gasteiger partial charge in [0.15, 0.2) is 0 Å². The fourth-order valence-electron chi connectivity index (χ4n) is 4.57. The molecule has 0 radical (unpaired) electrons. The Bertz CT molecular complexity index is 1280. The first-order valence-electron chi connectivity index (χ1n) is 12.7. The molecule has 0 heterocycles. The zero-order valence-electron chi connectivity index (χ0n) is 22.6. The van der Waals surface area contributed by atoms with Crippen LogP contribution in [0.15, 0.2) is 36.4 Å². The van der Waals surface area contributed by atoms with Crippen LogP contribution in [0.4, 0.5) is 5.69 Å². The molecule has 1 aliphatic carbocycles. The average molecular weight is 601 g/mol. The number of benzene rings is 2. The van der Waals surface area contributed by atoms with E-state index in [2.05, 4.69) is 5.32 Å². The van der Waals surface area contributed by atoms with Gasteiger partial charge in [-0.05, 0) is 49.6 Å². The van der Waals surface area contributed by atoms with E-state index < -0.39 is 28.5 Å². The molecular formula is C27H35Cl2N3O6S. The predicted molar refractivity (Wildman–Crippen MR) is 153 cm³/mol. The predicted octanol–water partition coefficient (Wildman–Crippen LogP) is 4.64. The summed E-state index contributed by atoms with van der Waals surface area (Å²) >= 11 is 12.3. The van der Waals surface area contributed by atoms with Crippen LogP contribution in [-0.4, -0.2) is 64.2 Å². The monoisotopic (exact) mass is 599 g/mol. The molecule has 0 unspecified atom stereocenters. The molecule has 0 bridgehead atoms. The zero-order valence-corrected chi connectivity index (χ0v) is 24.9. The fraction of sp³-hybridized carbons (Fsp3) is 0.481. The van der Waals surface area contributed by atoms with Crippen molar-refractivity contribution in [2.45, 2.75) is 57.7 Å². The van der Waals surface area contributed by atoms with E-state index in [1.807, 2.05) is 0 Å². The van der Waals surface area contributed by atoms with Crippen LogP contribution in [0.2, 0.25) is 10.0 Å². The Morgan fingerprint density at radius 3 is 2.31 bits per heavy atom. The molecule has 1 atom stereocenters. The van der Waals surface area contributed by atoms with Crippen LogP contribution in [0.1, 0.15) is 44.6 Å². The number of hydrogen-bond donors (Lipinski definition) is 1. The van der Waals surface area contributed by atoms with E-state index in [1.54, 1.807) is 31.2 Å². The summed E-state index contributed by atoms with van der Waals surface area (Å²) in [6.45, 7) is 1.10. The Balaban J connectivity index is 1.94. The van der Waals surface area contributed by atoms with Gasteiger partial charge in [-0.1, -0.05) is 48.5 Å². The van der Waals surface area contributed by atoms with Crippen LogP contribution >= 0.6 is 23.2 Å². The van der Waals surface area contributed by atoms with Crippen molar-refractivity contribution in [3.8, 4) is 11.5 Å². The molecule has 9 nitrogen and oxygen atoms in total. The van der Waals surface area contributed by atoms with Crippen molar-refractivity contribution in [1.29, 1.82) is 0 Å². The second kappa shape index (κ2) is 13.6. The highest BCUT2D eigenvalue weighted by Crippen LogP contribution is 2.34. The van der Waals surface area contributed by atoms with Gasteiger partial charge in [-0.25, -0.2) is 8.42 Å². The molecule has 2 aromatic carbocycles. The van der Waals surface area contributed by atoms with Crippen molar-refractivity contribution in [2.75, 3.05) is 31.3 Å². The maximum absolute atomic E-state index is 13.8. The quantitative estimate of drug-likeness (QED) is 0.403. The Morgan fingerprint density at radius 2 is 1.72 bits per heavy atom. The number of amides is 2. The molecule has 0 aliphatic heterocycles. The molecule has 0 saturated heterocycles. The third-order valence-electron chi connectivity index (χ3n) is 6.79. The summed E-state index contributed by atoms with van der Waals surface area (Å²) in [6.07, 6.45) is 6.00. The molecule has 2 amide bonds. The number of halogens is 2. The van der Waals surface area contributed by atoms with Crippen molar-refractivity contribution in [1.82, 2.24) is 10.2 Å². The van der Waals surface area contributed by atoms with Crippen LogP contribution in [0.5, 0.6) is 11.5 Å². The van der Waals surface area contributed by atoms with Crippen molar-refractivity contribution in [3.63, 3.8) is 0 Å². The van der Waals surface area contributed by atoms with Gasteiger partial charge >= 0.3 is 0 Å². The van der Waals surface area contributed by atoms with Crippen molar-refractivity contribution >= 4 is 50.7 Å². The molecular weight excluding hydrogens is 565 g/mol. The number of ether oxygens (including phenoxy) is 2. The maximum atomic E-state index is 13.8. The third-order valence-corrected chi connectivity index (χ3v) is 8.66. The Hall–Kier alpha value is -2.69. The number of hydrogen-bond acceptors (Lipinski definition) is 6. The SMILES string of the molecule is COc1ccc(N(CC(=O)N(Cc2ccc(Cl)c(Cl)c2)[C@@H](C)C(=O)NC2CCCCC2)S(C)(=O)=O)c(OC)c1. The highest BCUT2D eigenvalue weighted by atomic mass is 35.5. The highest BCUT2D eigenvalue weighted by Gasteiger charge is 2.32. The standard InChI is InChI=1S/C27H35Cl2N3O6S/c1-18(27(34)30-20-8-6-5-7-9-20)31(16-19-10-12-22(28)23(29)14-19)26(33)17-32(39(4,35)36)24-13-11-21(37-2)15-25(24)38-3/h10-15,18,20H,5-9,16-17H2,1-4H3,(H,30,34)/t18-/m0/s1. The Morgan fingerprint density at radius 1 is 1.03 bits per heavy atom. The first-order valence-corrected chi connectivity index (χ1v) is 15.3. The number of anilines is 1. The number of carbonyl (C=O) groups excluding carboxylic acids is 2. The van der Waals surface area contributed by atoms with Gasteiger partial charge in [0.2, 0.25) is 21.8 Å². The van der Waals surface area contributed by atoms with E-state index >= 15 is 0 Å². The summed E-state index contributed by atoms with van der Waals surface area (Å²) in [5.74, 6) is -0.199. The molecule has 0 spiro atoms. The minimum atomic E-state index is -3.93. The first-order chi connectivity index (χ1) is 18.4. The lowest BCUT2D eigenvalue weighted by Crippen LogP contribution is -2.53. The largest absolute Gasteiger partial charge is 0.497 e. The number of sulfonamides is 1. The van der Waals surface area contributed by atoms with E-state index in [-0.39, 0.29) is 29.9 Å². The molecule has 0 aromatic heterocycles. The summed E-state index contributed by atoms with van der Waals surface area (Å²) in [6, 6.07) is 8.73. The van der Waals surface area contributed by atoms with Crippen molar-refractivity contribution in [3.05, 3.63) is 52.0 Å². The average Bonchev–Trinajstić information content (AvgIpc) is 2.91. The minimum absolute atomic E-state index is 0.0202. The summed E-state index contributed by atoms with van der Waals surface area (Å²) in [5.41, 5.74) is 0.811. The smallest absolute Gasteiger partial charge is 0.244 e. The Kier molecular flexibility index (Phi) is 10.7. The summed E-state index contributed by atoms with van der Waals surface area (Å²) in [4.78, 5) is 28.4. The molecule has 3 rings (SSSR count). The minimum Gasteiger partial charge on any atom is -0.497 e. The number of nitrogens with zero attached hydrogens (tertiary/aromatic N) is 2. The topological polar surface area (TPSA) is 105 Å². The van der Waals surface area contributed by atoms with Gasteiger partial charge < -0.3 is 19.7 Å². The lowest BCUT2D eigenvalue weighted by Gasteiger charge is -2.33. The van der Waals surface area contributed by atoms with E-state index in [1.165, 1.54) is 31.3 Å². The number of methoxy groups -OCH3 is 2. The molecule has 1 N–H and O–H groups in total. The second-order valence-electron chi connectivity index (χ2n) is 9.60. The lowest BCUT2D eigenvalue weighted by molar-refractivity contribution is -0.139.